The van der Waals surface area contributed by atoms with Crippen molar-refractivity contribution < 1.29 is 12.8 Å². The molecule has 0 fully saturated rings. The fourth-order valence-corrected chi connectivity index (χ4v) is 2.94. The Kier molecular flexibility index (Phi) is 5.75. The Morgan fingerprint density at radius 1 is 1.44 bits per heavy atom. The molecule has 0 saturated heterocycles. The van der Waals surface area contributed by atoms with E-state index >= 15 is 0 Å². The lowest BCUT2D eigenvalue weighted by molar-refractivity contribution is 0.547. The molecule has 1 N–H and O–H groups in total. The molecule has 3 nitrogen and oxygen atoms in total. The average molecular weight is 338 g/mol. The maximum atomic E-state index is 13.2. The molecule has 0 aliphatic carbocycles. The number of nitrogens with one attached hydrogen (secondary N) is 1. The Morgan fingerprint density at radius 3 is 2.61 bits per heavy atom. The van der Waals surface area contributed by atoms with Gasteiger partial charge in [0.2, 0.25) is 0 Å². The van der Waals surface area contributed by atoms with Gasteiger partial charge in [-0.15, -0.1) is 0 Å². The molecule has 0 amide bonds. The summed E-state index contributed by atoms with van der Waals surface area (Å²) in [7, 11) is -3.10. The Bertz CT molecular complexity index is 505. The first-order valence-electron chi connectivity index (χ1n) is 5.69. The highest BCUT2D eigenvalue weighted by Crippen LogP contribution is 2.22. The summed E-state index contributed by atoms with van der Waals surface area (Å²) in [4.78, 5) is 0. The van der Waals surface area contributed by atoms with E-state index in [2.05, 4.69) is 21.2 Å². The summed E-state index contributed by atoms with van der Waals surface area (Å²) in [5.74, 6) is -0.349. The van der Waals surface area contributed by atoms with Gasteiger partial charge in [-0.1, -0.05) is 13.0 Å². The summed E-state index contributed by atoms with van der Waals surface area (Å²) in [6.45, 7) is 2.72. The third-order valence-electron chi connectivity index (χ3n) is 2.46. The molecule has 1 aromatic rings. The molecule has 0 bridgehead atoms. The SMILES string of the molecule is CCCNC(CS(C)(=O)=O)c1ccc(F)c(Br)c1. The van der Waals surface area contributed by atoms with Crippen LogP contribution in [0.3, 0.4) is 0 Å². The van der Waals surface area contributed by atoms with E-state index in [1.54, 1.807) is 12.1 Å². The maximum absolute atomic E-state index is 13.2. The van der Waals surface area contributed by atoms with Crippen molar-refractivity contribution in [2.75, 3.05) is 18.6 Å². The minimum absolute atomic E-state index is 0.00503. The Hall–Kier alpha value is -0.460. The van der Waals surface area contributed by atoms with Crippen molar-refractivity contribution >= 4 is 25.8 Å². The highest BCUT2D eigenvalue weighted by atomic mass is 79.9. The van der Waals surface area contributed by atoms with E-state index in [1.807, 2.05) is 6.92 Å². The van der Waals surface area contributed by atoms with Gasteiger partial charge in [0.15, 0.2) is 0 Å². The smallest absolute Gasteiger partial charge is 0.149 e. The Morgan fingerprint density at radius 2 is 2.11 bits per heavy atom. The lowest BCUT2D eigenvalue weighted by Gasteiger charge is -2.18. The first-order chi connectivity index (χ1) is 8.33. The largest absolute Gasteiger partial charge is 0.309 e. The van der Waals surface area contributed by atoms with Crippen LogP contribution < -0.4 is 5.32 Å². The fourth-order valence-electron chi connectivity index (χ4n) is 1.62. The average Bonchev–Trinajstić information content (AvgIpc) is 2.26. The van der Waals surface area contributed by atoms with Crippen LogP contribution in [0.1, 0.15) is 24.9 Å². The predicted octanol–water partition coefficient (Wildman–Crippen LogP) is 2.67. The highest BCUT2D eigenvalue weighted by Gasteiger charge is 2.17. The molecule has 0 aliphatic heterocycles. The second kappa shape index (κ2) is 6.63. The zero-order valence-electron chi connectivity index (χ0n) is 10.4. The van der Waals surface area contributed by atoms with Gasteiger partial charge in [-0.05, 0) is 46.6 Å². The maximum Gasteiger partial charge on any atom is 0.149 e. The van der Waals surface area contributed by atoms with Crippen molar-refractivity contribution in [2.45, 2.75) is 19.4 Å². The summed E-state index contributed by atoms with van der Waals surface area (Å²) >= 11 is 3.11. The van der Waals surface area contributed by atoms with Crippen LogP contribution in [-0.4, -0.2) is 27.0 Å². The van der Waals surface area contributed by atoms with Gasteiger partial charge in [-0.25, -0.2) is 12.8 Å². The van der Waals surface area contributed by atoms with E-state index in [1.165, 1.54) is 12.3 Å². The van der Waals surface area contributed by atoms with Crippen LogP contribution in [0.2, 0.25) is 0 Å². The van der Waals surface area contributed by atoms with Crippen molar-refractivity contribution in [2.24, 2.45) is 0 Å². The molecule has 0 heterocycles. The zero-order valence-corrected chi connectivity index (χ0v) is 12.8. The van der Waals surface area contributed by atoms with Crippen LogP contribution in [0, 0.1) is 5.82 Å². The second-order valence-electron chi connectivity index (χ2n) is 4.27. The molecule has 0 aromatic heterocycles. The van der Waals surface area contributed by atoms with E-state index in [-0.39, 0.29) is 17.6 Å². The van der Waals surface area contributed by atoms with Crippen molar-refractivity contribution in [3.8, 4) is 0 Å². The molecular weight excluding hydrogens is 321 g/mol. The summed E-state index contributed by atoms with van der Waals surface area (Å²) in [6.07, 6.45) is 2.11. The van der Waals surface area contributed by atoms with Gasteiger partial charge in [0.05, 0.1) is 10.2 Å². The number of hydrogen-bond acceptors (Lipinski definition) is 3. The number of sulfone groups is 1. The van der Waals surface area contributed by atoms with Crippen molar-refractivity contribution in [1.29, 1.82) is 0 Å². The molecule has 1 rings (SSSR count). The van der Waals surface area contributed by atoms with Gasteiger partial charge < -0.3 is 5.32 Å². The Balaban J connectivity index is 2.97. The molecule has 6 heteroatoms. The van der Waals surface area contributed by atoms with Gasteiger partial charge in [-0.3, -0.25) is 0 Å². The summed E-state index contributed by atoms with van der Waals surface area (Å²) in [5.41, 5.74) is 0.766. The summed E-state index contributed by atoms with van der Waals surface area (Å²) in [6, 6.07) is 4.26. The zero-order chi connectivity index (χ0) is 13.8. The van der Waals surface area contributed by atoms with Crippen molar-refractivity contribution in [3.63, 3.8) is 0 Å². The quantitative estimate of drug-likeness (QED) is 0.867. The first-order valence-corrected chi connectivity index (χ1v) is 8.55. The van der Waals surface area contributed by atoms with Gasteiger partial charge in [0, 0.05) is 12.3 Å². The first kappa shape index (κ1) is 15.6. The van der Waals surface area contributed by atoms with Crippen LogP contribution in [0.5, 0.6) is 0 Å². The minimum atomic E-state index is -3.10. The molecule has 0 saturated carbocycles. The van der Waals surface area contributed by atoms with E-state index in [0.29, 0.717) is 4.47 Å². The third kappa shape index (κ3) is 5.04. The topological polar surface area (TPSA) is 46.2 Å². The standard InChI is InChI=1S/C12H17BrFNO2S/c1-3-6-15-12(8-18(2,16)17)9-4-5-11(14)10(13)7-9/h4-5,7,12,15H,3,6,8H2,1-2H3. The van der Waals surface area contributed by atoms with Crippen LogP contribution in [-0.2, 0) is 9.84 Å². The van der Waals surface area contributed by atoms with E-state index in [0.717, 1.165) is 18.5 Å². The molecule has 1 unspecified atom stereocenters. The predicted molar refractivity (Wildman–Crippen MR) is 74.8 cm³/mol. The molecular formula is C12H17BrFNO2S. The van der Waals surface area contributed by atoms with Gasteiger partial charge in [-0.2, -0.15) is 0 Å². The van der Waals surface area contributed by atoms with Crippen molar-refractivity contribution in [3.05, 3.63) is 34.1 Å². The van der Waals surface area contributed by atoms with E-state index < -0.39 is 9.84 Å². The van der Waals surface area contributed by atoms with Gasteiger partial charge in [0.25, 0.3) is 0 Å². The molecule has 1 atom stereocenters. The van der Waals surface area contributed by atoms with E-state index in [9.17, 15) is 12.8 Å². The number of hydrogen-bond donors (Lipinski definition) is 1. The van der Waals surface area contributed by atoms with Gasteiger partial charge >= 0.3 is 0 Å². The molecule has 0 spiro atoms. The molecule has 1 aromatic carbocycles. The number of rotatable bonds is 6. The van der Waals surface area contributed by atoms with Crippen LogP contribution in [0.15, 0.2) is 22.7 Å². The molecule has 18 heavy (non-hydrogen) atoms. The molecule has 102 valence electrons. The van der Waals surface area contributed by atoms with Gasteiger partial charge in [0.1, 0.15) is 15.7 Å². The van der Waals surface area contributed by atoms with Crippen LogP contribution in [0.25, 0.3) is 0 Å². The minimum Gasteiger partial charge on any atom is -0.309 e. The monoisotopic (exact) mass is 337 g/mol. The van der Waals surface area contributed by atoms with Crippen LogP contribution in [0.4, 0.5) is 4.39 Å². The molecule has 0 aliphatic rings. The number of benzene rings is 1. The van der Waals surface area contributed by atoms with Crippen LogP contribution >= 0.6 is 15.9 Å². The second-order valence-corrected chi connectivity index (χ2v) is 7.31. The van der Waals surface area contributed by atoms with Crippen molar-refractivity contribution in [1.82, 2.24) is 5.32 Å². The fraction of sp³-hybridized carbons (Fsp3) is 0.500. The summed E-state index contributed by atoms with van der Waals surface area (Å²) < 4.78 is 36.3. The summed E-state index contributed by atoms with van der Waals surface area (Å²) in [5, 5.41) is 3.17. The number of halogens is 2. The lowest BCUT2D eigenvalue weighted by atomic mass is 10.1. The lowest BCUT2D eigenvalue weighted by Crippen LogP contribution is -2.28. The normalized spacial score (nSPS) is 13.6. The highest BCUT2D eigenvalue weighted by molar-refractivity contribution is 9.10. The molecule has 0 radical (unpaired) electrons. The van der Waals surface area contributed by atoms with E-state index in [4.69, 9.17) is 0 Å². The third-order valence-corrected chi connectivity index (χ3v) is 4.00. The Labute approximate surface area is 116 Å².